The second-order valence-corrected chi connectivity index (χ2v) is 5.10. The second-order valence-electron chi connectivity index (χ2n) is 3.56. The fraction of sp³-hybridized carbons (Fsp3) is 0.417. The summed E-state index contributed by atoms with van der Waals surface area (Å²) in [7, 11) is 0. The van der Waals surface area contributed by atoms with Gasteiger partial charge in [-0.3, -0.25) is 4.79 Å². The van der Waals surface area contributed by atoms with E-state index in [0.717, 1.165) is 10.6 Å². The molecule has 0 spiro atoms. The van der Waals surface area contributed by atoms with E-state index in [1.54, 1.807) is 0 Å². The summed E-state index contributed by atoms with van der Waals surface area (Å²) in [5.74, 6) is 0.231. The standard InChI is InChI=1S/C12H14BrClO/c1-3-12(15)11(13)7-9-6-10(14)5-4-8(9)2/h4-6,11H,3,7H2,1-2H3. The number of ketones is 1. The lowest BCUT2D eigenvalue weighted by Crippen LogP contribution is -2.15. The minimum Gasteiger partial charge on any atom is -0.298 e. The number of alkyl halides is 1. The average Bonchev–Trinajstić information content (AvgIpc) is 2.22. The number of carbonyl (C=O) groups is 1. The van der Waals surface area contributed by atoms with Crippen molar-refractivity contribution in [1.29, 1.82) is 0 Å². The maximum Gasteiger partial charge on any atom is 0.146 e. The van der Waals surface area contributed by atoms with Gasteiger partial charge >= 0.3 is 0 Å². The molecule has 1 rings (SSSR count). The summed E-state index contributed by atoms with van der Waals surface area (Å²) in [5.41, 5.74) is 2.30. The Morgan fingerprint density at radius 3 is 2.80 bits per heavy atom. The fourth-order valence-corrected chi connectivity index (χ4v) is 2.26. The van der Waals surface area contributed by atoms with Gasteiger partial charge < -0.3 is 0 Å². The van der Waals surface area contributed by atoms with Crippen molar-refractivity contribution in [2.75, 3.05) is 0 Å². The van der Waals surface area contributed by atoms with Gasteiger partial charge in [0.25, 0.3) is 0 Å². The summed E-state index contributed by atoms with van der Waals surface area (Å²) < 4.78 is 0. The molecule has 0 aliphatic rings. The molecular formula is C12H14BrClO. The Bertz CT molecular complexity index is 363. The molecule has 0 aromatic heterocycles. The average molecular weight is 290 g/mol. The number of halogens is 2. The maximum atomic E-state index is 11.4. The molecule has 0 saturated heterocycles. The van der Waals surface area contributed by atoms with Gasteiger partial charge in [0.2, 0.25) is 0 Å². The van der Waals surface area contributed by atoms with E-state index in [-0.39, 0.29) is 10.6 Å². The topological polar surface area (TPSA) is 17.1 Å². The number of benzene rings is 1. The molecule has 0 amide bonds. The lowest BCUT2D eigenvalue weighted by molar-refractivity contribution is -0.118. The molecule has 0 heterocycles. The summed E-state index contributed by atoms with van der Waals surface area (Å²) in [6, 6.07) is 5.77. The molecule has 15 heavy (non-hydrogen) atoms. The Morgan fingerprint density at radius 1 is 1.53 bits per heavy atom. The van der Waals surface area contributed by atoms with Crippen LogP contribution in [0.5, 0.6) is 0 Å². The van der Waals surface area contributed by atoms with Gasteiger partial charge in [-0.05, 0) is 36.6 Å². The van der Waals surface area contributed by atoms with Gasteiger partial charge in [-0.15, -0.1) is 0 Å². The lowest BCUT2D eigenvalue weighted by atomic mass is 10.0. The number of rotatable bonds is 4. The number of hydrogen-bond acceptors (Lipinski definition) is 1. The molecule has 0 aliphatic heterocycles. The Labute approximate surface area is 104 Å². The molecule has 1 atom stereocenters. The molecule has 0 bridgehead atoms. The molecule has 0 fully saturated rings. The van der Waals surface area contributed by atoms with Crippen LogP contribution in [0, 0.1) is 6.92 Å². The predicted molar refractivity (Wildman–Crippen MR) is 67.9 cm³/mol. The van der Waals surface area contributed by atoms with Crippen molar-refractivity contribution in [1.82, 2.24) is 0 Å². The predicted octanol–water partition coefficient (Wildman–Crippen LogP) is 3.93. The first-order chi connectivity index (χ1) is 7.04. The van der Waals surface area contributed by atoms with Crippen LogP contribution in [0.4, 0.5) is 0 Å². The van der Waals surface area contributed by atoms with Crippen LogP contribution in [0.3, 0.4) is 0 Å². The van der Waals surface area contributed by atoms with Gasteiger partial charge in [0.15, 0.2) is 0 Å². The Kier molecular flexibility index (Phi) is 4.81. The summed E-state index contributed by atoms with van der Waals surface area (Å²) in [6.45, 7) is 3.91. The molecule has 0 radical (unpaired) electrons. The molecule has 1 aromatic carbocycles. The van der Waals surface area contributed by atoms with Gasteiger partial charge in [0, 0.05) is 11.4 Å². The highest BCUT2D eigenvalue weighted by atomic mass is 79.9. The zero-order valence-corrected chi connectivity index (χ0v) is 11.2. The van der Waals surface area contributed by atoms with Gasteiger partial charge in [-0.2, -0.15) is 0 Å². The van der Waals surface area contributed by atoms with Crippen LogP contribution in [-0.2, 0) is 11.2 Å². The Hall–Kier alpha value is -0.340. The zero-order valence-electron chi connectivity index (χ0n) is 8.89. The van der Waals surface area contributed by atoms with Crippen LogP contribution in [0.15, 0.2) is 18.2 Å². The molecular weight excluding hydrogens is 275 g/mol. The van der Waals surface area contributed by atoms with Crippen LogP contribution in [0.2, 0.25) is 5.02 Å². The van der Waals surface area contributed by atoms with E-state index in [1.807, 2.05) is 32.0 Å². The van der Waals surface area contributed by atoms with Crippen LogP contribution < -0.4 is 0 Å². The number of aryl methyl sites for hydroxylation is 1. The van der Waals surface area contributed by atoms with Crippen LogP contribution >= 0.6 is 27.5 Å². The van der Waals surface area contributed by atoms with Crippen molar-refractivity contribution in [3.63, 3.8) is 0 Å². The smallest absolute Gasteiger partial charge is 0.146 e. The molecule has 1 nitrogen and oxygen atoms in total. The largest absolute Gasteiger partial charge is 0.298 e. The molecule has 1 aromatic rings. The van der Waals surface area contributed by atoms with Crippen molar-refractivity contribution < 1.29 is 4.79 Å². The third kappa shape index (κ3) is 3.62. The zero-order chi connectivity index (χ0) is 11.4. The van der Waals surface area contributed by atoms with Gasteiger partial charge in [0.1, 0.15) is 5.78 Å². The summed E-state index contributed by atoms with van der Waals surface area (Å²) in [5, 5.41) is 0.722. The number of hydrogen-bond donors (Lipinski definition) is 0. The molecule has 0 saturated carbocycles. The van der Waals surface area contributed by atoms with E-state index in [0.29, 0.717) is 12.8 Å². The SMILES string of the molecule is CCC(=O)C(Br)Cc1cc(Cl)ccc1C. The molecule has 3 heteroatoms. The highest BCUT2D eigenvalue weighted by molar-refractivity contribution is 9.10. The minimum atomic E-state index is -0.0975. The molecule has 82 valence electrons. The summed E-state index contributed by atoms with van der Waals surface area (Å²) in [4.78, 5) is 11.3. The van der Waals surface area contributed by atoms with Crippen LogP contribution in [-0.4, -0.2) is 10.6 Å². The van der Waals surface area contributed by atoms with E-state index in [1.165, 1.54) is 5.56 Å². The van der Waals surface area contributed by atoms with E-state index >= 15 is 0 Å². The fourth-order valence-electron chi connectivity index (χ4n) is 1.39. The van der Waals surface area contributed by atoms with Gasteiger partial charge in [-0.25, -0.2) is 0 Å². The third-order valence-corrected chi connectivity index (χ3v) is 3.48. The van der Waals surface area contributed by atoms with E-state index in [2.05, 4.69) is 15.9 Å². The first-order valence-corrected chi connectivity index (χ1v) is 6.25. The normalized spacial score (nSPS) is 12.5. The molecule has 1 unspecified atom stereocenters. The van der Waals surface area contributed by atoms with E-state index in [9.17, 15) is 4.79 Å². The lowest BCUT2D eigenvalue weighted by Gasteiger charge is -2.10. The van der Waals surface area contributed by atoms with Crippen molar-refractivity contribution in [2.45, 2.75) is 31.5 Å². The first-order valence-electron chi connectivity index (χ1n) is 4.96. The minimum absolute atomic E-state index is 0.0975. The van der Waals surface area contributed by atoms with E-state index < -0.39 is 0 Å². The number of carbonyl (C=O) groups excluding carboxylic acids is 1. The quantitative estimate of drug-likeness (QED) is 0.768. The van der Waals surface area contributed by atoms with Crippen molar-refractivity contribution in [3.8, 4) is 0 Å². The van der Waals surface area contributed by atoms with Crippen LogP contribution in [0.1, 0.15) is 24.5 Å². The van der Waals surface area contributed by atoms with Crippen molar-refractivity contribution >= 4 is 33.3 Å². The third-order valence-electron chi connectivity index (χ3n) is 2.41. The summed E-state index contributed by atoms with van der Waals surface area (Å²) in [6.07, 6.45) is 1.27. The molecule has 0 N–H and O–H groups in total. The molecule has 0 aliphatic carbocycles. The Balaban J connectivity index is 2.80. The van der Waals surface area contributed by atoms with Gasteiger partial charge in [-0.1, -0.05) is 40.5 Å². The monoisotopic (exact) mass is 288 g/mol. The number of Topliss-reactive ketones (excluding diaryl/α,β-unsaturated/α-hetero) is 1. The van der Waals surface area contributed by atoms with Crippen molar-refractivity contribution in [3.05, 3.63) is 34.3 Å². The summed E-state index contributed by atoms with van der Waals surface area (Å²) >= 11 is 9.32. The Morgan fingerprint density at radius 2 is 2.20 bits per heavy atom. The van der Waals surface area contributed by atoms with Crippen LogP contribution in [0.25, 0.3) is 0 Å². The highest BCUT2D eigenvalue weighted by Gasteiger charge is 2.14. The van der Waals surface area contributed by atoms with E-state index in [4.69, 9.17) is 11.6 Å². The maximum absolute atomic E-state index is 11.4. The first kappa shape index (κ1) is 12.7. The van der Waals surface area contributed by atoms with Crippen molar-refractivity contribution in [2.24, 2.45) is 0 Å². The highest BCUT2D eigenvalue weighted by Crippen LogP contribution is 2.20. The second kappa shape index (κ2) is 5.66. The van der Waals surface area contributed by atoms with Gasteiger partial charge in [0.05, 0.1) is 4.83 Å².